The smallest absolute Gasteiger partial charge is 0.195 e. The average molecular weight is 401 g/mol. The molecule has 1 saturated heterocycles. The van der Waals surface area contributed by atoms with Crippen LogP contribution >= 0.6 is 0 Å². The third-order valence-electron chi connectivity index (χ3n) is 5.50. The zero-order chi connectivity index (χ0) is 21.1. The van der Waals surface area contributed by atoms with Crippen molar-refractivity contribution in [2.24, 2.45) is 5.92 Å². The van der Waals surface area contributed by atoms with Crippen molar-refractivity contribution in [3.63, 3.8) is 0 Å². The van der Waals surface area contributed by atoms with Crippen molar-refractivity contribution in [3.8, 4) is 0 Å². The van der Waals surface area contributed by atoms with E-state index >= 15 is 0 Å². The van der Waals surface area contributed by atoms with E-state index in [2.05, 4.69) is 46.9 Å². The molecule has 1 aliphatic rings. The summed E-state index contributed by atoms with van der Waals surface area (Å²) in [6.07, 6.45) is 6.11. The number of hydrogen-bond donors (Lipinski definition) is 1. The second-order valence-electron chi connectivity index (χ2n) is 9.41. The predicted molar refractivity (Wildman–Crippen MR) is 112 cm³/mol. The number of aliphatic hydroxyl groups is 1. The molecule has 0 aromatic carbocycles. The molecule has 27 heavy (non-hydrogen) atoms. The molecule has 0 saturated carbocycles. The highest BCUT2D eigenvalue weighted by Crippen LogP contribution is 2.43. The molecule has 4 atom stereocenters. The van der Waals surface area contributed by atoms with Crippen molar-refractivity contribution in [3.05, 3.63) is 24.3 Å². The highest BCUT2D eigenvalue weighted by molar-refractivity contribution is 6.74. The fourth-order valence-corrected chi connectivity index (χ4v) is 3.99. The van der Waals surface area contributed by atoms with Crippen LogP contribution in [0.2, 0.25) is 18.1 Å². The van der Waals surface area contributed by atoms with E-state index in [1.54, 1.807) is 13.2 Å². The summed E-state index contributed by atoms with van der Waals surface area (Å²) in [5.74, 6) is -0.614. The standard InChI is InChI=1S/C21H40O5Si/c1-11-12-16(2)13-14-17(22)21(15-24-20(6,7)26-21)18(23-8)25-27(9,10)19(3,4)5/h11-14,16-18,22H,15H2,1-10H3/b12-11-,14-13+/t16-,17+,18?,21-/m0/s1. The van der Waals surface area contributed by atoms with Crippen LogP contribution in [0.5, 0.6) is 0 Å². The Hall–Kier alpha value is -0.503. The molecule has 1 N–H and O–H groups in total. The Kier molecular flexibility index (Phi) is 8.07. The van der Waals surface area contributed by atoms with Crippen molar-refractivity contribution >= 4 is 8.32 Å². The highest BCUT2D eigenvalue weighted by Gasteiger charge is 2.57. The van der Waals surface area contributed by atoms with Crippen LogP contribution in [0.4, 0.5) is 0 Å². The summed E-state index contributed by atoms with van der Waals surface area (Å²) in [5, 5.41) is 11.1. The number of methoxy groups -OCH3 is 1. The summed E-state index contributed by atoms with van der Waals surface area (Å²) in [6.45, 7) is 18.7. The summed E-state index contributed by atoms with van der Waals surface area (Å²) in [6, 6.07) is 0. The number of hydrogen-bond acceptors (Lipinski definition) is 5. The van der Waals surface area contributed by atoms with Gasteiger partial charge in [0.25, 0.3) is 0 Å². The van der Waals surface area contributed by atoms with Gasteiger partial charge in [0.1, 0.15) is 6.10 Å². The van der Waals surface area contributed by atoms with Crippen molar-refractivity contribution < 1.29 is 23.7 Å². The van der Waals surface area contributed by atoms with Gasteiger partial charge in [0.05, 0.1) is 6.61 Å². The van der Waals surface area contributed by atoms with Crippen LogP contribution in [0.1, 0.15) is 48.5 Å². The topological polar surface area (TPSA) is 57.2 Å². The first-order valence-electron chi connectivity index (χ1n) is 9.75. The molecular formula is C21H40O5Si. The average Bonchev–Trinajstić information content (AvgIpc) is 2.86. The monoisotopic (exact) mass is 400 g/mol. The quantitative estimate of drug-likeness (QED) is 0.366. The Morgan fingerprint density at radius 2 is 1.74 bits per heavy atom. The van der Waals surface area contributed by atoms with E-state index in [9.17, 15) is 5.11 Å². The predicted octanol–water partition coefficient (Wildman–Crippen LogP) is 4.63. The lowest BCUT2D eigenvalue weighted by molar-refractivity contribution is -0.253. The Labute approximate surface area is 166 Å². The van der Waals surface area contributed by atoms with E-state index in [0.29, 0.717) is 0 Å². The fraction of sp³-hybridized carbons (Fsp3) is 0.810. The lowest BCUT2D eigenvalue weighted by Gasteiger charge is -2.45. The first-order valence-corrected chi connectivity index (χ1v) is 12.7. The summed E-state index contributed by atoms with van der Waals surface area (Å²) in [7, 11) is -0.570. The largest absolute Gasteiger partial charge is 0.390 e. The van der Waals surface area contributed by atoms with Gasteiger partial charge in [0.2, 0.25) is 0 Å². The van der Waals surface area contributed by atoms with E-state index in [4.69, 9.17) is 18.6 Å². The summed E-state index contributed by atoms with van der Waals surface area (Å²) < 4.78 is 24.3. The van der Waals surface area contributed by atoms with Crippen LogP contribution in [-0.4, -0.2) is 50.9 Å². The molecule has 0 radical (unpaired) electrons. The number of aliphatic hydroxyl groups excluding tert-OH is 1. The molecule has 1 fully saturated rings. The lowest BCUT2D eigenvalue weighted by atomic mass is 9.95. The van der Waals surface area contributed by atoms with Crippen LogP contribution < -0.4 is 0 Å². The lowest BCUT2D eigenvalue weighted by Crippen LogP contribution is -2.60. The molecule has 1 aliphatic heterocycles. The minimum absolute atomic E-state index is 0.00117. The summed E-state index contributed by atoms with van der Waals surface area (Å²) >= 11 is 0. The highest BCUT2D eigenvalue weighted by atomic mass is 28.4. The van der Waals surface area contributed by atoms with Crippen LogP contribution in [0, 0.1) is 5.92 Å². The van der Waals surface area contributed by atoms with Crippen molar-refractivity contribution in [2.45, 2.75) is 90.4 Å². The molecule has 0 amide bonds. The molecule has 0 aliphatic carbocycles. The van der Waals surface area contributed by atoms with Gasteiger partial charge in [-0.1, -0.05) is 52.0 Å². The van der Waals surface area contributed by atoms with Gasteiger partial charge in [0.15, 0.2) is 26.0 Å². The van der Waals surface area contributed by atoms with Crippen LogP contribution in [0.25, 0.3) is 0 Å². The van der Waals surface area contributed by atoms with Gasteiger partial charge in [-0.25, -0.2) is 0 Å². The number of allylic oxidation sites excluding steroid dienone is 3. The number of ether oxygens (including phenoxy) is 3. The molecule has 0 aromatic rings. The molecule has 0 spiro atoms. The maximum Gasteiger partial charge on any atom is 0.195 e. The Balaban J connectivity index is 3.22. The first-order chi connectivity index (χ1) is 12.2. The fourth-order valence-electron chi connectivity index (χ4n) is 2.81. The third-order valence-corrected chi connectivity index (χ3v) is 9.91. The first kappa shape index (κ1) is 24.5. The zero-order valence-corrected chi connectivity index (χ0v) is 19.8. The molecular weight excluding hydrogens is 360 g/mol. The van der Waals surface area contributed by atoms with Gasteiger partial charge in [-0.2, -0.15) is 0 Å². The van der Waals surface area contributed by atoms with Gasteiger partial charge < -0.3 is 23.7 Å². The van der Waals surface area contributed by atoms with E-state index < -0.39 is 32.1 Å². The Morgan fingerprint density at radius 3 is 2.15 bits per heavy atom. The minimum atomic E-state index is -2.16. The molecule has 1 unspecified atom stereocenters. The van der Waals surface area contributed by atoms with Gasteiger partial charge in [0, 0.05) is 7.11 Å². The van der Waals surface area contributed by atoms with Crippen LogP contribution in [0.15, 0.2) is 24.3 Å². The van der Waals surface area contributed by atoms with Crippen LogP contribution in [0.3, 0.4) is 0 Å². The third kappa shape index (κ3) is 5.99. The van der Waals surface area contributed by atoms with E-state index in [0.717, 1.165) is 0 Å². The molecule has 0 bridgehead atoms. The van der Waals surface area contributed by atoms with E-state index in [-0.39, 0.29) is 17.6 Å². The van der Waals surface area contributed by atoms with Crippen molar-refractivity contribution in [1.82, 2.24) is 0 Å². The molecule has 5 nitrogen and oxygen atoms in total. The maximum atomic E-state index is 11.1. The van der Waals surface area contributed by atoms with Crippen molar-refractivity contribution in [1.29, 1.82) is 0 Å². The second-order valence-corrected chi connectivity index (χ2v) is 14.2. The number of rotatable bonds is 8. The molecule has 0 aromatic heterocycles. The normalized spacial score (nSPS) is 27.4. The summed E-state index contributed by atoms with van der Waals surface area (Å²) in [5.41, 5.74) is -1.13. The van der Waals surface area contributed by atoms with Gasteiger partial charge in [-0.05, 0) is 44.8 Å². The maximum absolute atomic E-state index is 11.1. The van der Waals surface area contributed by atoms with Crippen molar-refractivity contribution in [2.75, 3.05) is 13.7 Å². The SMILES string of the molecule is C/C=C\[C@H](C)/C=C/[C@@H](O)[C@]1(C(OC)O[Si](C)(C)C(C)(C)C)COC(C)(C)O1. The van der Waals surface area contributed by atoms with Gasteiger partial charge >= 0.3 is 0 Å². The van der Waals surface area contributed by atoms with Gasteiger partial charge in [-0.3, -0.25) is 0 Å². The molecule has 1 heterocycles. The van der Waals surface area contributed by atoms with Gasteiger partial charge in [-0.15, -0.1) is 0 Å². The molecule has 6 heteroatoms. The minimum Gasteiger partial charge on any atom is -0.390 e. The van der Waals surface area contributed by atoms with Crippen LogP contribution in [-0.2, 0) is 18.6 Å². The second kappa shape index (κ2) is 8.89. The Morgan fingerprint density at radius 1 is 1.15 bits per heavy atom. The Bertz CT molecular complexity index is 535. The van der Waals surface area contributed by atoms with E-state index in [1.807, 2.05) is 32.9 Å². The molecule has 1 rings (SSSR count). The molecule has 158 valence electrons. The van der Waals surface area contributed by atoms with E-state index in [1.165, 1.54) is 0 Å². The summed E-state index contributed by atoms with van der Waals surface area (Å²) in [4.78, 5) is 0. The zero-order valence-electron chi connectivity index (χ0n) is 18.8.